The molecule has 126 valence electrons. The van der Waals surface area contributed by atoms with Gasteiger partial charge in [-0.3, -0.25) is 0 Å². The molecule has 5 heteroatoms. The van der Waals surface area contributed by atoms with E-state index in [2.05, 4.69) is 23.5 Å². The number of rotatable bonds is 1. The number of ether oxygens (including phenoxy) is 2. The second kappa shape index (κ2) is 5.36. The van der Waals surface area contributed by atoms with Crippen LogP contribution in [0.2, 0.25) is 0 Å². The molecule has 0 saturated carbocycles. The van der Waals surface area contributed by atoms with Crippen LogP contribution in [0.25, 0.3) is 5.57 Å². The smallest absolute Gasteiger partial charge is 0.283 e. The summed E-state index contributed by atoms with van der Waals surface area (Å²) in [5.41, 5.74) is 9.86. The zero-order chi connectivity index (χ0) is 16.9. The fourth-order valence-corrected chi connectivity index (χ4v) is 4.03. The maximum atomic E-state index is 6.22. The van der Waals surface area contributed by atoms with Gasteiger partial charge in [0.25, 0.3) is 6.02 Å². The highest BCUT2D eigenvalue weighted by atomic mass is 16.5. The Morgan fingerprint density at radius 2 is 1.96 bits per heavy atom. The summed E-state index contributed by atoms with van der Waals surface area (Å²) in [6, 6.07) is 14.4. The van der Waals surface area contributed by atoms with Gasteiger partial charge in [-0.05, 0) is 36.2 Å². The average Bonchev–Trinajstić information content (AvgIpc) is 3.04. The summed E-state index contributed by atoms with van der Waals surface area (Å²) in [4.78, 5) is 4.77. The van der Waals surface area contributed by atoms with Gasteiger partial charge in [0.2, 0.25) is 0 Å². The quantitative estimate of drug-likeness (QED) is 0.842. The van der Waals surface area contributed by atoms with Crippen LogP contribution in [0.1, 0.15) is 23.1 Å². The first kappa shape index (κ1) is 14.5. The summed E-state index contributed by atoms with van der Waals surface area (Å²) in [6.07, 6.45) is 3.23. The van der Waals surface area contributed by atoms with Gasteiger partial charge in [0.05, 0.1) is 0 Å². The zero-order valence-electron chi connectivity index (χ0n) is 13.8. The molecular formula is C20H19N3O2. The van der Waals surface area contributed by atoms with Crippen molar-refractivity contribution in [2.24, 2.45) is 10.7 Å². The Bertz CT molecular complexity index is 919. The summed E-state index contributed by atoms with van der Waals surface area (Å²) >= 11 is 0. The number of hydrogen-bond donors (Lipinski definition) is 2. The minimum Gasteiger partial charge on any atom is -0.462 e. The lowest BCUT2D eigenvalue weighted by Gasteiger charge is -2.35. The second-order valence-electron chi connectivity index (χ2n) is 6.56. The predicted octanol–water partition coefficient (Wildman–Crippen LogP) is 2.76. The Morgan fingerprint density at radius 3 is 2.76 bits per heavy atom. The van der Waals surface area contributed by atoms with Crippen molar-refractivity contribution in [3.8, 4) is 11.5 Å². The van der Waals surface area contributed by atoms with Gasteiger partial charge in [0, 0.05) is 17.7 Å². The van der Waals surface area contributed by atoms with E-state index in [-0.39, 0.29) is 6.02 Å². The molecule has 3 N–H and O–H groups in total. The first-order valence-electron chi connectivity index (χ1n) is 8.57. The molecule has 5 nitrogen and oxygen atoms in total. The highest BCUT2D eigenvalue weighted by Gasteiger charge is 2.48. The summed E-state index contributed by atoms with van der Waals surface area (Å²) < 4.78 is 11.9. The van der Waals surface area contributed by atoms with Gasteiger partial charge in [-0.1, -0.05) is 36.4 Å². The number of amidine groups is 1. The predicted molar refractivity (Wildman–Crippen MR) is 96.8 cm³/mol. The van der Waals surface area contributed by atoms with E-state index in [1.807, 2.05) is 30.3 Å². The molecule has 5 rings (SSSR count). The molecule has 1 unspecified atom stereocenters. The highest BCUT2D eigenvalue weighted by molar-refractivity contribution is 5.80. The van der Waals surface area contributed by atoms with E-state index in [1.165, 1.54) is 11.1 Å². The van der Waals surface area contributed by atoms with Crippen LogP contribution in [0.3, 0.4) is 0 Å². The van der Waals surface area contributed by atoms with Crippen molar-refractivity contribution in [1.82, 2.24) is 5.32 Å². The number of nitrogens with one attached hydrogen (secondary N) is 1. The van der Waals surface area contributed by atoms with E-state index in [0.717, 1.165) is 42.1 Å². The van der Waals surface area contributed by atoms with Gasteiger partial charge in [-0.15, -0.1) is 0 Å². The van der Waals surface area contributed by atoms with E-state index in [9.17, 15) is 0 Å². The lowest BCUT2D eigenvalue weighted by Crippen LogP contribution is -2.32. The van der Waals surface area contributed by atoms with Gasteiger partial charge in [0.15, 0.2) is 5.54 Å². The molecule has 1 spiro atoms. The standard InChI is InChI=1S/C20H19N3O2/c21-19-23-20(12-24-19)15-5-1-2-6-16(15)25-17-7-3-4-14(18(17)20)13-8-10-22-11-9-13/h1-8,22H,9-12H2,(H2,21,23). The Morgan fingerprint density at radius 1 is 1.08 bits per heavy atom. The summed E-state index contributed by atoms with van der Waals surface area (Å²) in [5.74, 6) is 1.64. The number of hydrogen-bond acceptors (Lipinski definition) is 5. The lowest BCUT2D eigenvalue weighted by atomic mass is 9.77. The minimum absolute atomic E-state index is 0.233. The third kappa shape index (κ3) is 2.09. The molecule has 0 radical (unpaired) electrons. The molecule has 1 atom stereocenters. The van der Waals surface area contributed by atoms with Crippen molar-refractivity contribution in [2.75, 3.05) is 19.7 Å². The largest absolute Gasteiger partial charge is 0.462 e. The topological polar surface area (TPSA) is 68.9 Å². The van der Waals surface area contributed by atoms with Crippen LogP contribution in [0, 0.1) is 0 Å². The number of fused-ring (bicyclic) bond motifs is 4. The molecule has 0 aromatic heterocycles. The van der Waals surface area contributed by atoms with Crippen molar-refractivity contribution >= 4 is 11.6 Å². The Balaban J connectivity index is 1.80. The van der Waals surface area contributed by atoms with Crippen LogP contribution < -0.4 is 15.8 Å². The van der Waals surface area contributed by atoms with Crippen LogP contribution in [0.15, 0.2) is 53.5 Å². The maximum Gasteiger partial charge on any atom is 0.283 e. The molecule has 25 heavy (non-hydrogen) atoms. The van der Waals surface area contributed by atoms with Gasteiger partial charge >= 0.3 is 0 Å². The summed E-state index contributed by atoms with van der Waals surface area (Å²) in [7, 11) is 0. The molecule has 3 heterocycles. The Kier molecular flexibility index (Phi) is 3.12. The fourth-order valence-electron chi connectivity index (χ4n) is 4.03. The lowest BCUT2D eigenvalue weighted by molar-refractivity contribution is 0.264. The fraction of sp³-hybridized carbons (Fsp3) is 0.250. The maximum absolute atomic E-state index is 6.22. The third-order valence-corrected chi connectivity index (χ3v) is 5.13. The number of nitrogens with zero attached hydrogens (tertiary/aromatic N) is 1. The van der Waals surface area contributed by atoms with Gasteiger partial charge < -0.3 is 20.5 Å². The third-order valence-electron chi connectivity index (χ3n) is 5.13. The molecule has 0 aliphatic carbocycles. The number of benzene rings is 2. The van der Waals surface area contributed by atoms with E-state index >= 15 is 0 Å². The molecule has 3 aliphatic heterocycles. The van der Waals surface area contributed by atoms with Crippen molar-refractivity contribution < 1.29 is 9.47 Å². The monoisotopic (exact) mass is 333 g/mol. The normalized spacial score (nSPS) is 23.8. The molecule has 0 fully saturated rings. The minimum atomic E-state index is -0.642. The Hall–Kier alpha value is -2.79. The zero-order valence-corrected chi connectivity index (χ0v) is 13.8. The van der Waals surface area contributed by atoms with Gasteiger partial charge in [-0.25, -0.2) is 4.99 Å². The molecule has 0 saturated heterocycles. The number of nitrogens with two attached hydrogens (primary N) is 1. The molecule has 2 aromatic carbocycles. The molecular weight excluding hydrogens is 314 g/mol. The van der Waals surface area contributed by atoms with E-state index < -0.39 is 5.54 Å². The van der Waals surface area contributed by atoms with E-state index in [4.69, 9.17) is 20.2 Å². The van der Waals surface area contributed by atoms with Gasteiger partial charge in [0.1, 0.15) is 18.1 Å². The van der Waals surface area contributed by atoms with Gasteiger partial charge in [-0.2, -0.15) is 0 Å². The summed E-state index contributed by atoms with van der Waals surface area (Å²) in [5, 5.41) is 3.37. The van der Waals surface area contributed by atoms with Crippen LogP contribution in [0.4, 0.5) is 0 Å². The van der Waals surface area contributed by atoms with Crippen molar-refractivity contribution in [2.45, 2.75) is 12.0 Å². The number of para-hydroxylation sites is 1. The van der Waals surface area contributed by atoms with Crippen LogP contribution >= 0.6 is 0 Å². The van der Waals surface area contributed by atoms with Crippen molar-refractivity contribution in [3.63, 3.8) is 0 Å². The van der Waals surface area contributed by atoms with E-state index in [0.29, 0.717) is 6.61 Å². The first-order chi connectivity index (χ1) is 12.3. The van der Waals surface area contributed by atoms with Crippen LogP contribution in [-0.2, 0) is 10.3 Å². The highest BCUT2D eigenvalue weighted by Crippen LogP contribution is 2.53. The van der Waals surface area contributed by atoms with E-state index in [1.54, 1.807) is 0 Å². The van der Waals surface area contributed by atoms with Crippen LogP contribution in [0.5, 0.6) is 11.5 Å². The SMILES string of the molecule is NC1=NC2(CO1)c1ccccc1Oc1cccc(C3=CCNCC3)c12. The molecule has 2 aromatic rings. The second-order valence-corrected chi connectivity index (χ2v) is 6.56. The Labute approximate surface area is 146 Å². The molecule has 0 bridgehead atoms. The van der Waals surface area contributed by atoms with Crippen molar-refractivity contribution in [3.05, 3.63) is 65.2 Å². The molecule has 0 amide bonds. The average molecular weight is 333 g/mol. The van der Waals surface area contributed by atoms with Crippen molar-refractivity contribution in [1.29, 1.82) is 0 Å². The van der Waals surface area contributed by atoms with Crippen LogP contribution in [-0.4, -0.2) is 25.7 Å². The first-order valence-corrected chi connectivity index (χ1v) is 8.57. The number of aliphatic imine (C=N–C) groups is 1. The molecule has 3 aliphatic rings. The summed E-state index contributed by atoms with van der Waals surface area (Å²) in [6.45, 7) is 2.25.